The lowest BCUT2D eigenvalue weighted by Crippen LogP contribution is -2.39. The summed E-state index contributed by atoms with van der Waals surface area (Å²) >= 11 is 0. The molecule has 240 valence electrons. The average Bonchev–Trinajstić information content (AvgIpc) is 2.87. The van der Waals surface area contributed by atoms with Crippen LogP contribution in [0.1, 0.15) is 70.7 Å². The van der Waals surface area contributed by atoms with Crippen molar-refractivity contribution in [2.24, 2.45) is 22.6 Å². The summed E-state index contributed by atoms with van der Waals surface area (Å²) in [6.45, 7) is -1.21. The average molecular weight is 646 g/mol. The summed E-state index contributed by atoms with van der Waals surface area (Å²) in [6.07, 6.45) is -9.53. The van der Waals surface area contributed by atoms with Crippen LogP contribution in [0.5, 0.6) is 0 Å². The zero-order valence-corrected chi connectivity index (χ0v) is 24.1. The van der Waals surface area contributed by atoms with E-state index in [0.717, 1.165) is 41.4 Å². The molecular weight excluding hydrogens is 613 g/mol. The molecule has 0 bridgehead atoms. The van der Waals surface area contributed by atoms with Gasteiger partial charge in [0, 0.05) is 37.2 Å². The number of rotatable bonds is 8. The number of halogens is 9. The van der Waals surface area contributed by atoms with E-state index in [1.54, 1.807) is 0 Å². The second-order valence-electron chi connectivity index (χ2n) is 10.5. The summed E-state index contributed by atoms with van der Waals surface area (Å²) in [6, 6.07) is 3.89. The van der Waals surface area contributed by atoms with Crippen molar-refractivity contribution >= 4 is 16.8 Å². The van der Waals surface area contributed by atoms with Gasteiger partial charge in [-0.1, -0.05) is 25.3 Å². The van der Waals surface area contributed by atoms with Crippen molar-refractivity contribution in [3.8, 4) is 0 Å². The highest BCUT2D eigenvalue weighted by Crippen LogP contribution is 2.42. The molecule has 2 unspecified atom stereocenters. The molecule has 2 atom stereocenters. The van der Waals surface area contributed by atoms with Gasteiger partial charge in [-0.3, -0.25) is 4.21 Å². The van der Waals surface area contributed by atoms with Crippen molar-refractivity contribution in [2.75, 3.05) is 13.3 Å². The molecule has 16 heteroatoms. The standard InChI is InChI=1S/C27H32F9N5OS/c1-40(38)39-24(37)41(14-16-10-20(26(31,32)33)13-21(11-16)27(34,35)36)15-18-12-19(25(28,29)30)8-9-22(18)23(43(2)42)17-6-4-3-5-7-17/h8-13,17,23H,3-7,14-15,38H2,1-2H3,(H2,37,39). The number of hydrazone groups is 1. The van der Waals surface area contributed by atoms with Crippen molar-refractivity contribution in [1.29, 1.82) is 0 Å². The molecule has 6 nitrogen and oxygen atoms in total. The molecule has 4 N–H and O–H groups in total. The van der Waals surface area contributed by atoms with E-state index >= 15 is 0 Å². The maximum Gasteiger partial charge on any atom is 0.416 e. The van der Waals surface area contributed by atoms with E-state index in [4.69, 9.17) is 11.6 Å². The van der Waals surface area contributed by atoms with Crippen LogP contribution >= 0.6 is 0 Å². The largest absolute Gasteiger partial charge is 0.416 e. The van der Waals surface area contributed by atoms with Crippen molar-refractivity contribution < 1.29 is 43.7 Å². The van der Waals surface area contributed by atoms with Gasteiger partial charge in [-0.15, -0.1) is 5.10 Å². The Kier molecular flexibility index (Phi) is 10.7. The highest BCUT2D eigenvalue weighted by atomic mass is 32.2. The van der Waals surface area contributed by atoms with E-state index in [1.807, 2.05) is 0 Å². The Balaban J connectivity index is 2.18. The van der Waals surface area contributed by atoms with Gasteiger partial charge in [0.15, 0.2) is 0 Å². The van der Waals surface area contributed by atoms with Crippen molar-refractivity contribution in [2.45, 2.75) is 69.0 Å². The summed E-state index contributed by atoms with van der Waals surface area (Å²) < 4.78 is 135. The fourth-order valence-corrected chi connectivity index (χ4v) is 6.72. The molecule has 0 heterocycles. The SMILES string of the molecule is CN(N)/N=C(\N)N(Cc1cc(C(F)(F)F)cc(C(F)(F)F)c1)Cc1cc(C(F)(F)F)ccc1C(C1CCCCC1)S(C)=O. The number of alkyl halides is 9. The number of nitrogens with two attached hydrogens (primary N) is 2. The van der Waals surface area contributed by atoms with Gasteiger partial charge < -0.3 is 10.6 Å². The molecule has 2 aromatic carbocycles. The second-order valence-corrected chi connectivity index (χ2v) is 12.0. The van der Waals surface area contributed by atoms with Crippen LogP contribution < -0.4 is 11.6 Å². The van der Waals surface area contributed by atoms with Gasteiger partial charge in [-0.2, -0.15) is 39.5 Å². The van der Waals surface area contributed by atoms with Crippen LogP contribution in [0.2, 0.25) is 0 Å². The highest BCUT2D eigenvalue weighted by Gasteiger charge is 2.38. The highest BCUT2D eigenvalue weighted by molar-refractivity contribution is 7.84. The zero-order valence-electron chi connectivity index (χ0n) is 23.3. The van der Waals surface area contributed by atoms with Gasteiger partial charge in [0.05, 0.1) is 21.9 Å². The quantitative estimate of drug-likeness (QED) is 0.109. The monoisotopic (exact) mass is 645 g/mol. The molecule has 1 saturated carbocycles. The van der Waals surface area contributed by atoms with Gasteiger partial charge in [-0.05, 0) is 65.8 Å². The predicted octanol–water partition coefficient (Wildman–Crippen LogP) is 6.78. The number of guanidine groups is 1. The molecule has 0 saturated heterocycles. The summed E-state index contributed by atoms with van der Waals surface area (Å²) in [5.74, 6) is 4.94. The second kappa shape index (κ2) is 13.3. The molecule has 1 aliphatic rings. The maximum absolute atomic E-state index is 13.8. The van der Waals surface area contributed by atoms with E-state index in [0.29, 0.717) is 30.5 Å². The van der Waals surface area contributed by atoms with Crippen LogP contribution in [0, 0.1) is 5.92 Å². The third-order valence-electron chi connectivity index (χ3n) is 7.18. The minimum absolute atomic E-state index is 0.00134. The number of benzene rings is 2. The van der Waals surface area contributed by atoms with Crippen LogP contribution in [-0.2, 0) is 42.4 Å². The van der Waals surface area contributed by atoms with Crippen molar-refractivity contribution in [1.82, 2.24) is 10.0 Å². The molecule has 2 aromatic rings. The molecule has 0 amide bonds. The first-order valence-electron chi connectivity index (χ1n) is 13.2. The molecule has 1 aliphatic carbocycles. The Bertz CT molecular complexity index is 1290. The third-order valence-corrected chi connectivity index (χ3v) is 8.53. The Labute approximate surface area is 245 Å². The van der Waals surface area contributed by atoms with Crippen LogP contribution in [0.25, 0.3) is 0 Å². The Morgan fingerprint density at radius 2 is 1.42 bits per heavy atom. The lowest BCUT2D eigenvalue weighted by molar-refractivity contribution is -0.143. The third kappa shape index (κ3) is 9.24. The van der Waals surface area contributed by atoms with Crippen molar-refractivity contribution in [3.63, 3.8) is 0 Å². The topological polar surface area (TPSA) is 87.9 Å². The molecule has 1 fully saturated rings. The molecule has 0 aliphatic heterocycles. The molecule has 3 rings (SSSR count). The first-order chi connectivity index (χ1) is 19.8. The maximum atomic E-state index is 13.8. The first kappa shape index (κ1) is 34.5. The Morgan fingerprint density at radius 1 is 0.884 bits per heavy atom. The lowest BCUT2D eigenvalue weighted by atomic mass is 9.83. The minimum Gasteiger partial charge on any atom is -0.368 e. The summed E-state index contributed by atoms with van der Waals surface area (Å²) in [5, 5.41) is 3.85. The fourth-order valence-electron chi connectivity index (χ4n) is 5.32. The zero-order chi connectivity index (χ0) is 32.3. The van der Waals surface area contributed by atoms with Crippen LogP contribution in [0.4, 0.5) is 39.5 Å². The first-order valence-corrected chi connectivity index (χ1v) is 14.8. The molecule has 0 aromatic heterocycles. The van der Waals surface area contributed by atoms with Gasteiger partial charge >= 0.3 is 18.5 Å². The van der Waals surface area contributed by atoms with E-state index in [1.165, 1.54) is 19.4 Å². The molecule has 0 radical (unpaired) electrons. The normalized spacial score (nSPS) is 17.1. The summed E-state index contributed by atoms with van der Waals surface area (Å²) in [7, 11) is -0.286. The number of hydrogen-bond donors (Lipinski definition) is 2. The predicted molar refractivity (Wildman–Crippen MR) is 144 cm³/mol. The van der Waals surface area contributed by atoms with Gasteiger partial charge in [0.1, 0.15) is 0 Å². The van der Waals surface area contributed by atoms with E-state index < -0.39 is 75.9 Å². The lowest BCUT2D eigenvalue weighted by Gasteiger charge is -2.32. The molecule has 0 spiro atoms. The fraction of sp³-hybridized carbons (Fsp3) is 0.519. The minimum atomic E-state index is -5.12. The summed E-state index contributed by atoms with van der Waals surface area (Å²) in [4.78, 5) is 1.02. The van der Waals surface area contributed by atoms with Gasteiger partial charge in [0.2, 0.25) is 5.96 Å². The van der Waals surface area contributed by atoms with Gasteiger partial charge in [-0.25, -0.2) is 11.0 Å². The van der Waals surface area contributed by atoms with Crippen LogP contribution in [0.15, 0.2) is 41.5 Å². The van der Waals surface area contributed by atoms with Crippen LogP contribution in [-0.4, -0.2) is 33.5 Å². The molecule has 43 heavy (non-hydrogen) atoms. The Hall–Kier alpha value is -3.01. The number of nitrogens with zero attached hydrogens (tertiary/aromatic N) is 3. The molecular formula is C27H32F9N5OS. The summed E-state index contributed by atoms with van der Waals surface area (Å²) in [5.41, 5.74) is 1.71. The van der Waals surface area contributed by atoms with E-state index in [2.05, 4.69) is 5.10 Å². The Morgan fingerprint density at radius 3 is 1.88 bits per heavy atom. The van der Waals surface area contributed by atoms with Crippen molar-refractivity contribution in [3.05, 3.63) is 69.8 Å². The van der Waals surface area contributed by atoms with E-state index in [-0.39, 0.29) is 17.5 Å². The number of hydrazine groups is 1. The van der Waals surface area contributed by atoms with Crippen LogP contribution in [0.3, 0.4) is 0 Å². The smallest absolute Gasteiger partial charge is 0.368 e. The van der Waals surface area contributed by atoms with E-state index in [9.17, 15) is 43.7 Å². The number of hydrogen-bond acceptors (Lipinski definition) is 4. The van der Waals surface area contributed by atoms with Gasteiger partial charge in [0.25, 0.3) is 0 Å².